The Morgan fingerprint density at radius 2 is 1.66 bits per heavy atom. The lowest BCUT2D eigenvalue weighted by atomic mass is 9.92. The average molecular weight is 409 g/mol. The summed E-state index contributed by atoms with van der Waals surface area (Å²) in [7, 11) is 1.67. The molecule has 0 saturated heterocycles. The summed E-state index contributed by atoms with van der Waals surface area (Å²) in [5.74, 6) is -5.07. The van der Waals surface area contributed by atoms with E-state index in [1.165, 1.54) is 4.68 Å². The van der Waals surface area contributed by atoms with E-state index in [0.29, 0.717) is 5.82 Å². The van der Waals surface area contributed by atoms with E-state index >= 15 is 0 Å². The molecule has 154 valence electrons. The van der Waals surface area contributed by atoms with Crippen LogP contribution in [0.1, 0.15) is 32.0 Å². The Morgan fingerprint density at radius 3 is 2.21 bits per heavy atom. The van der Waals surface area contributed by atoms with Gasteiger partial charge in [-0.1, -0.05) is 20.8 Å². The van der Waals surface area contributed by atoms with Gasteiger partial charge in [0.1, 0.15) is 5.82 Å². The highest BCUT2D eigenvalue weighted by Gasteiger charge is 2.20. The summed E-state index contributed by atoms with van der Waals surface area (Å²) in [6.07, 6.45) is 0.859. The summed E-state index contributed by atoms with van der Waals surface area (Å²) in [5.41, 5.74) is -0.550. The van der Waals surface area contributed by atoms with E-state index in [1.54, 1.807) is 13.1 Å². The van der Waals surface area contributed by atoms with Gasteiger partial charge in [-0.3, -0.25) is 9.48 Å². The fourth-order valence-electron chi connectivity index (χ4n) is 2.65. The third-order valence-corrected chi connectivity index (χ3v) is 4.24. The van der Waals surface area contributed by atoms with E-state index in [-0.39, 0.29) is 23.5 Å². The maximum absolute atomic E-state index is 13.8. The van der Waals surface area contributed by atoms with Gasteiger partial charge in [0.15, 0.2) is 17.5 Å². The second-order valence-electron chi connectivity index (χ2n) is 7.63. The molecule has 2 heterocycles. The van der Waals surface area contributed by atoms with Gasteiger partial charge in [0, 0.05) is 24.7 Å². The molecule has 0 atom stereocenters. The number of aromatic nitrogens is 4. The Labute approximate surface area is 163 Å². The first-order valence-electron chi connectivity index (χ1n) is 8.67. The van der Waals surface area contributed by atoms with Crippen molar-refractivity contribution in [1.29, 1.82) is 0 Å². The summed E-state index contributed by atoms with van der Waals surface area (Å²) in [6, 6.07) is 3.33. The fourth-order valence-corrected chi connectivity index (χ4v) is 2.65. The largest absolute Gasteiger partial charge is 0.311 e. The van der Waals surface area contributed by atoms with Gasteiger partial charge < -0.3 is 9.88 Å². The van der Waals surface area contributed by atoms with Gasteiger partial charge in [0.05, 0.1) is 12.2 Å². The lowest BCUT2D eigenvalue weighted by Crippen LogP contribution is -2.20. The maximum Gasteiger partial charge on any atom is 0.310 e. The van der Waals surface area contributed by atoms with Crippen molar-refractivity contribution in [2.45, 2.75) is 32.7 Å². The molecule has 0 amide bonds. The molecule has 6 nitrogen and oxygen atoms in total. The molecule has 2 aromatic heterocycles. The van der Waals surface area contributed by atoms with Gasteiger partial charge in [0.2, 0.25) is 11.8 Å². The fraction of sp³-hybridized carbons (Fsp3) is 0.316. The number of nitrogens with zero attached hydrogens (tertiary/aromatic N) is 4. The quantitative estimate of drug-likeness (QED) is 0.528. The van der Waals surface area contributed by atoms with Crippen LogP contribution in [0, 0.1) is 23.3 Å². The summed E-state index contributed by atoms with van der Waals surface area (Å²) < 4.78 is 56.7. The summed E-state index contributed by atoms with van der Waals surface area (Å²) in [6.45, 7) is 5.67. The number of nitrogens with one attached hydrogen (secondary N) is 1. The molecule has 0 fully saturated rings. The number of aryl methyl sites for hydroxylation is 1. The van der Waals surface area contributed by atoms with E-state index < -0.39 is 28.8 Å². The normalized spacial score (nSPS) is 11.7. The third-order valence-electron chi connectivity index (χ3n) is 4.24. The van der Waals surface area contributed by atoms with Crippen molar-refractivity contribution in [3.63, 3.8) is 0 Å². The molecule has 3 aromatic rings. The number of hydrogen-bond acceptors (Lipinski definition) is 4. The number of hydrogen-bond donors (Lipinski definition) is 1. The molecule has 0 unspecified atom stereocenters. The Bertz CT molecular complexity index is 1110. The van der Waals surface area contributed by atoms with Crippen molar-refractivity contribution in [2.75, 3.05) is 5.32 Å². The standard InChI is InChI=1S/C19H19F4N5O/c1-19(2,3)14-7-15(27(4)26-14)24-18-25-17(29)13(22)9-28(18)8-10-5-11(20)16(23)12(21)6-10/h5-7,9H,8H2,1-4H3,(H,24,25,29). The van der Waals surface area contributed by atoms with E-state index in [0.717, 1.165) is 28.6 Å². The molecule has 29 heavy (non-hydrogen) atoms. The van der Waals surface area contributed by atoms with Gasteiger partial charge >= 0.3 is 5.56 Å². The number of anilines is 2. The Hall–Kier alpha value is -3.17. The van der Waals surface area contributed by atoms with Crippen LogP contribution in [0.5, 0.6) is 0 Å². The van der Waals surface area contributed by atoms with Gasteiger partial charge in [-0.15, -0.1) is 0 Å². The van der Waals surface area contributed by atoms with Crippen LogP contribution in [0.3, 0.4) is 0 Å². The minimum absolute atomic E-state index is 0.0229. The predicted molar refractivity (Wildman–Crippen MR) is 99.1 cm³/mol. The third kappa shape index (κ3) is 4.30. The molecule has 0 aliphatic heterocycles. The van der Waals surface area contributed by atoms with Crippen molar-refractivity contribution in [3.05, 3.63) is 69.3 Å². The van der Waals surface area contributed by atoms with E-state index in [1.807, 2.05) is 20.8 Å². The van der Waals surface area contributed by atoms with Crippen LogP contribution in [0.15, 0.2) is 29.2 Å². The first-order valence-corrected chi connectivity index (χ1v) is 8.67. The minimum atomic E-state index is -1.60. The van der Waals surface area contributed by atoms with Gasteiger partial charge in [0.25, 0.3) is 0 Å². The maximum atomic E-state index is 13.8. The molecule has 0 radical (unpaired) electrons. The number of benzene rings is 1. The van der Waals surface area contributed by atoms with Crippen LogP contribution in [0.2, 0.25) is 0 Å². The van der Waals surface area contributed by atoms with Crippen molar-refractivity contribution >= 4 is 11.8 Å². The molecule has 1 N–H and O–H groups in total. The van der Waals surface area contributed by atoms with Crippen LogP contribution in [0.25, 0.3) is 0 Å². The Balaban J connectivity index is 2.01. The number of rotatable bonds is 4. The lowest BCUT2D eigenvalue weighted by Gasteiger charge is -2.14. The van der Waals surface area contributed by atoms with Gasteiger partial charge in [-0.2, -0.15) is 14.5 Å². The molecular formula is C19H19F4N5O. The van der Waals surface area contributed by atoms with Crippen LogP contribution in [-0.2, 0) is 19.0 Å². The Morgan fingerprint density at radius 1 is 1.03 bits per heavy atom. The van der Waals surface area contributed by atoms with Crippen molar-refractivity contribution in [2.24, 2.45) is 7.05 Å². The predicted octanol–water partition coefficient (Wildman–Crippen LogP) is 3.62. The zero-order valence-electron chi connectivity index (χ0n) is 16.2. The topological polar surface area (TPSA) is 64.7 Å². The summed E-state index contributed by atoms with van der Waals surface area (Å²) >= 11 is 0. The van der Waals surface area contributed by atoms with Crippen LogP contribution in [-0.4, -0.2) is 19.3 Å². The zero-order chi connectivity index (χ0) is 21.5. The highest BCUT2D eigenvalue weighted by atomic mass is 19.2. The lowest BCUT2D eigenvalue weighted by molar-refractivity contribution is 0.444. The summed E-state index contributed by atoms with van der Waals surface area (Å²) in [4.78, 5) is 15.4. The molecule has 3 rings (SSSR count). The van der Waals surface area contributed by atoms with Crippen LogP contribution in [0.4, 0.5) is 29.3 Å². The molecule has 10 heteroatoms. The molecule has 0 bridgehead atoms. The van der Waals surface area contributed by atoms with Crippen LogP contribution >= 0.6 is 0 Å². The van der Waals surface area contributed by atoms with Crippen molar-refractivity contribution in [3.8, 4) is 0 Å². The average Bonchev–Trinajstić information content (AvgIpc) is 2.98. The first kappa shape index (κ1) is 20.6. The Kier molecular flexibility index (Phi) is 5.20. The molecule has 0 aliphatic rings. The second-order valence-corrected chi connectivity index (χ2v) is 7.63. The first-order chi connectivity index (χ1) is 13.5. The van der Waals surface area contributed by atoms with Crippen molar-refractivity contribution < 1.29 is 17.6 Å². The van der Waals surface area contributed by atoms with Crippen LogP contribution < -0.4 is 10.9 Å². The van der Waals surface area contributed by atoms with E-state index in [4.69, 9.17) is 0 Å². The minimum Gasteiger partial charge on any atom is -0.311 e. The van der Waals surface area contributed by atoms with Gasteiger partial charge in [-0.25, -0.2) is 13.2 Å². The monoisotopic (exact) mass is 409 g/mol. The number of halogens is 4. The van der Waals surface area contributed by atoms with E-state index in [2.05, 4.69) is 15.4 Å². The molecule has 0 saturated carbocycles. The molecular weight excluding hydrogens is 390 g/mol. The molecule has 1 aromatic carbocycles. The second kappa shape index (κ2) is 7.34. The smallest absolute Gasteiger partial charge is 0.310 e. The zero-order valence-corrected chi connectivity index (χ0v) is 16.2. The highest BCUT2D eigenvalue weighted by molar-refractivity contribution is 5.50. The summed E-state index contributed by atoms with van der Waals surface area (Å²) in [5, 5.41) is 7.27. The van der Waals surface area contributed by atoms with Crippen molar-refractivity contribution in [1.82, 2.24) is 19.3 Å². The SMILES string of the molecule is Cn1nc(C(C)(C)C)cc1Nc1nc(=O)c(F)cn1Cc1cc(F)c(F)c(F)c1. The van der Waals surface area contributed by atoms with E-state index in [9.17, 15) is 22.4 Å². The molecule has 0 aliphatic carbocycles. The highest BCUT2D eigenvalue weighted by Crippen LogP contribution is 2.25. The van der Waals surface area contributed by atoms with Gasteiger partial charge in [-0.05, 0) is 17.7 Å². The molecule has 0 spiro atoms.